The highest BCUT2D eigenvalue weighted by molar-refractivity contribution is 7.21. The molecule has 148 valence electrons. The summed E-state index contributed by atoms with van der Waals surface area (Å²) in [5.74, 6) is 1.03. The number of aromatic nitrogens is 4. The monoisotopic (exact) mass is 408 g/mol. The average molecular weight is 408 g/mol. The molecular formula is C20H20N6O2S. The molecule has 0 saturated carbocycles. The number of primary amides is 1. The Kier molecular flexibility index (Phi) is 4.40. The number of thiophene rings is 1. The predicted octanol–water partition coefficient (Wildman–Crippen LogP) is 2.73. The normalized spacial score (nSPS) is 14.7. The van der Waals surface area contributed by atoms with Crippen LogP contribution in [0.25, 0.3) is 32.5 Å². The number of morpholine rings is 1. The number of nitrogens with two attached hydrogens (primary N) is 1. The number of amides is 1. The number of benzene rings is 1. The molecule has 9 heteroatoms. The van der Waals surface area contributed by atoms with Crippen molar-refractivity contribution in [2.75, 3.05) is 31.2 Å². The van der Waals surface area contributed by atoms with Crippen LogP contribution in [0, 0.1) is 0 Å². The Morgan fingerprint density at radius 2 is 2.14 bits per heavy atom. The van der Waals surface area contributed by atoms with Crippen molar-refractivity contribution in [2.24, 2.45) is 5.73 Å². The van der Waals surface area contributed by atoms with Crippen LogP contribution in [0.1, 0.15) is 22.2 Å². The zero-order valence-corrected chi connectivity index (χ0v) is 16.8. The van der Waals surface area contributed by atoms with Gasteiger partial charge in [0.15, 0.2) is 11.6 Å². The van der Waals surface area contributed by atoms with E-state index in [2.05, 4.69) is 15.1 Å². The number of aromatic amines is 1. The molecule has 0 aliphatic carbocycles. The molecule has 3 aromatic heterocycles. The first-order valence-electron chi connectivity index (χ1n) is 9.55. The molecule has 0 spiro atoms. The molecule has 0 radical (unpaired) electrons. The molecule has 5 rings (SSSR count). The summed E-state index contributed by atoms with van der Waals surface area (Å²) in [7, 11) is 0. The molecule has 3 N–H and O–H groups in total. The van der Waals surface area contributed by atoms with Crippen LogP contribution >= 0.6 is 11.3 Å². The molecule has 1 aromatic carbocycles. The molecule has 1 aliphatic rings. The standard InChI is InChI=1S/C20H20N6O2S/c1-2-11-15-17(29-16(11)18(21)27)20(26-6-8-28-9-7-26)24-19(23-15)12-4-3-5-14-13(12)10-22-25-14/h3-5,10H,2,6-9H2,1H3,(H2,21,27)(H,22,25). The lowest BCUT2D eigenvalue weighted by molar-refractivity contribution is 0.100. The van der Waals surface area contributed by atoms with Gasteiger partial charge in [0.2, 0.25) is 0 Å². The van der Waals surface area contributed by atoms with E-state index in [1.165, 1.54) is 11.3 Å². The molecule has 8 nitrogen and oxygen atoms in total. The number of ether oxygens (including phenoxy) is 1. The van der Waals surface area contributed by atoms with Crippen molar-refractivity contribution in [1.29, 1.82) is 0 Å². The Morgan fingerprint density at radius 3 is 2.90 bits per heavy atom. The van der Waals surface area contributed by atoms with Crippen molar-refractivity contribution in [2.45, 2.75) is 13.3 Å². The molecule has 1 aliphatic heterocycles. The van der Waals surface area contributed by atoms with E-state index in [4.69, 9.17) is 20.4 Å². The fourth-order valence-electron chi connectivity index (χ4n) is 3.81. The van der Waals surface area contributed by atoms with E-state index >= 15 is 0 Å². The fraction of sp³-hybridized carbons (Fsp3) is 0.300. The van der Waals surface area contributed by atoms with Crippen molar-refractivity contribution in [1.82, 2.24) is 20.2 Å². The zero-order valence-electron chi connectivity index (χ0n) is 15.9. The van der Waals surface area contributed by atoms with E-state index < -0.39 is 5.91 Å². The van der Waals surface area contributed by atoms with Gasteiger partial charge in [0.25, 0.3) is 5.91 Å². The summed E-state index contributed by atoms with van der Waals surface area (Å²) in [4.78, 5) is 24.7. The average Bonchev–Trinajstić information content (AvgIpc) is 3.37. The van der Waals surface area contributed by atoms with Crippen LogP contribution < -0.4 is 10.6 Å². The summed E-state index contributed by atoms with van der Waals surface area (Å²) in [6.07, 6.45) is 2.46. The smallest absolute Gasteiger partial charge is 0.259 e. The van der Waals surface area contributed by atoms with Gasteiger partial charge in [-0.1, -0.05) is 19.1 Å². The summed E-state index contributed by atoms with van der Waals surface area (Å²) in [6, 6.07) is 5.93. The van der Waals surface area contributed by atoms with Crippen LogP contribution in [0.15, 0.2) is 24.4 Å². The first-order valence-corrected chi connectivity index (χ1v) is 10.4. The highest BCUT2D eigenvalue weighted by Crippen LogP contribution is 2.38. The van der Waals surface area contributed by atoms with Crippen molar-refractivity contribution < 1.29 is 9.53 Å². The van der Waals surface area contributed by atoms with E-state index in [-0.39, 0.29) is 0 Å². The van der Waals surface area contributed by atoms with Gasteiger partial charge in [0.1, 0.15) is 0 Å². The minimum atomic E-state index is -0.420. The third kappa shape index (κ3) is 2.93. The molecule has 4 heterocycles. The Labute approximate surface area is 170 Å². The van der Waals surface area contributed by atoms with Gasteiger partial charge < -0.3 is 15.4 Å². The van der Waals surface area contributed by atoms with E-state index in [0.717, 1.165) is 51.2 Å². The van der Waals surface area contributed by atoms with Crippen molar-refractivity contribution in [3.63, 3.8) is 0 Å². The second-order valence-electron chi connectivity index (χ2n) is 6.91. The number of carbonyl (C=O) groups is 1. The van der Waals surface area contributed by atoms with Gasteiger partial charge in [-0.25, -0.2) is 9.97 Å². The predicted molar refractivity (Wildman–Crippen MR) is 113 cm³/mol. The molecule has 0 unspecified atom stereocenters. The molecule has 1 fully saturated rings. The van der Waals surface area contributed by atoms with Crippen LogP contribution in [0.3, 0.4) is 0 Å². The third-order valence-corrected chi connectivity index (χ3v) is 6.46. The Hall–Kier alpha value is -3.04. The number of carbonyl (C=O) groups excluding carboxylic acids is 1. The first-order chi connectivity index (χ1) is 14.2. The van der Waals surface area contributed by atoms with Crippen LogP contribution in [0.4, 0.5) is 5.82 Å². The van der Waals surface area contributed by atoms with E-state index in [1.54, 1.807) is 6.20 Å². The number of nitrogens with one attached hydrogen (secondary N) is 1. The lowest BCUT2D eigenvalue weighted by Crippen LogP contribution is -2.36. The second-order valence-corrected chi connectivity index (χ2v) is 7.93. The van der Waals surface area contributed by atoms with Crippen LogP contribution in [-0.2, 0) is 11.2 Å². The Morgan fingerprint density at radius 1 is 1.31 bits per heavy atom. The second kappa shape index (κ2) is 7.09. The van der Waals surface area contributed by atoms with Gasteiger partial charge in [-0.2, -0.15) is 5.10 Å². The lowest BCUT2D eigenvalue weighted by atomic mass is 10.1. The van der Waals surface area contributed by atoms with Crippen LogP contribution in [0.5, 0.6) is 0 Å². The number of fused-ring (bicyclic) bond motifs is 2. The summed E-state index contributed by atoms with van der Waals surface area (Å²) >= 11 is 1.39. The Balaban J connectivity index is 1.81. The van der Waals surface area contributed by atoms with Gasteiger partial charge in [0, 0.05) is 29.6 Å². The molecular weight excluding hydrogens is 388 g/mol. The summed E-state index contributed by atoms with van der Waals surface area (Å²) in [5, 5.41) is 8.11. The maximum Gasteiger partial charge on any atom is 0.259 e. The van der Waals surface area contributed by atoms with Crippen molar-refractivity contribution in [3.05, 3.63) is 34.8 Å². The molecule has 1 saturated heterocycles. The number of anilines is 1. The van der Waals surface area contributed by atoms with Gasteiger partial charge in [-0.15, -0.1) is 11.3 Å². The third-order valence-electron chi connectivity index (χ3n) is 5.23. The number of aryl methyl sites for hydroxylation is 1. The van der Waals surface area contributed by atoms with Crippen molar-refractivity contribution >= 4 is 44.2 Å². The van der Waals surface area contributed by atoms with Crippen molar-refractivity contribution in [3.8, 4) is 11.4 Å². The fourth-order valence-corrected chi connectivity index (χ4v) is 5.01. The van der Waals surface area contributed by atoms with E-state index in [1.807, 2.05) is 25.1 Å². The number of nitrogens with zero attached hydrogens (tertiary/aromatic N) is 4. The molecule has 0 atom stereocenters. The molecule has 4 aromatic rings. The van der Waals surface area contributed by atoms with E-state index in [0.29, 0.717) is 30.3 Å². The van der Waals surface area contributed by atoms with Crippen LogP contribution in [-0.4, -0.2) is 52.4 Å². The number of H-pyrrole nitrogens is 1. The minimum absolute atomic E-state index is 0.420. The zero-order chi connectivity index (χ0) is 20.0. The first kappa shape index (κ1) is 18.0. The van der Waals surface area contributed by atoms with Gasteiger partial charge in [-0.3, -0.25) is 9.89 Å². The molecule has 1 amide bonds. The van der Waals surface area contributed by atoms with Crippen LogP contribution in [0.2, 0.25) is 0 Å². The summed E-state index contributed by atoms with van der Waals surface area (Å²) < 4.78 is 6.42. The topological polar surface area (TPSA) is 110 Å². The maximum atomic E-state index is 12.1. The summed E-state index contributed by atoms with van der Waals surface area (Å²) in [5.41, 5.74) is 9.19. The quantitative estimate of drug-likeness (QED) is 0.537. The summed E-state index contributed by atoms with van der Waals surface area (Å²) in [6.45, 7) is 4.79. The number of hydrogen-bond acceptors (Lipinski definition) is 7. The van der Waals surface area contributed by atoms with Gasteiger partial charge >= 0.3 is 0 Å². The molecule has 29 heavy (non-hydrogen) atoms. The Bertz CT molecular complexity index is 1220. The molecule has 0 bridgehead atoms. The largest absolute Gasteiger partial charge is 0.378 e. The van der Waals surface area contributed by atoms with E-state index in [9.17, 15) is 4.79 Å². The highest BCUT2D eigenvalue weighted by Gasteiger charge is 2.25. The van der Waals surface area contributed by atoms with Gasteiger partial charge in [-0.05, 0) is 12.5 Å². The number of hydrogen-bond donors (Lipinski definition) is 2. The maximum absolute atomic E-state index is 12.1. The minimum Gasteiger partial charge on any atom is -0.378 e. The lowest BCUT2D eigenvalue weighted by Gasteiger charge is -2.28. The highest BCUT2D eigenvalue weighted by atomic mass is 32.1. The SMILES string of the molecule is CCc1c(C(N)=O)sc2c(N3CCOCC3)nc(-c3cccc4[nH]ncc34)nc12. The number of rotatable bonds is 4. The van der Waals surface area contributed by atoms with Gasteiger partial charge in [0.05, 0.1) is 40.0 Å².